The van der Waals surface area contributed by atoms with Gasteiger partial charge >= 0.3 is 0 Å². The average molecular weight is 399 g/mol. The smallest absolute Gasteiger partial charge is 0.191 e. The highest BCUT2D eigenvalue weighted by Crippen LogP contribution is 2.14. The van der Waals surface area contributed by atoms with E-state index in [1.807, 2.05) is 25.6 Å². The molecule has 1 aromatic heterocycles. The number of nitrogens with one attached hydrogen (secondary N) is 2. The summed E-state index contributed by atoms with van der Waals surface area (Å²) in [6.07, 6.45) is 0.889. The summed E-state index contributed by atoms with van der Waals surface area (Å²) in [5.74, 6) is 1.32. The fourth-order valence-corrected chi connectivity index (χ4v) is 4.58. The second kappa shape index (κ2) is 9.54. The summed E-state index contributed by atoms with van der Waals surface area (Å²) in [6, 6.07) is 0.226. The largest absolute Gasteiger partial charge is 0.357 e. The Labute approximate surface area is 163 Å². The Morgan fingerprint density at radius 1 is 1.30 bits per heavy atom. The molecule has 1 saturated heterocycles. The minimum Gasteiger partial charge on any atom is -0.357 e. The van der Waals surface area contributed by atoms with Crippen LogP contribution in [0, 0.1) is 13.8 Å². The zero-order valence-corrected chi connectivity index (χ0v) is 18.1. The number of aryl methyl sites for hydroxylation is 2. The third-order valence-electron chi connectivity index (χ3n) is 5.02. The van der Waals surface area contributed by atoms with Gasteiger partial charge < -0.3 is 10.6 Å². The Balaban J connectivity index is 1.87. The van der Waals surface area contributed by atoms with E-state index in [4.69, 9.17) is 0 Å². The fraction of sp³-hybridized carbons (Fsp3) is 0.778. The lowest BCUT2D eigenvalue weighted by molar-refractivity contribution is 0.304. The zero-order valence-electron chi connectivity index (χ0n) is 17.2. The maximum Gasteiger partial charge on any atom is 0.191 e. The number of aromatic nitrogens is 2. The number of nitrogens with zero attached hydrogens (tertiary/aromatic N) is 4. The zero-order chi connectivity index (χ0) is 20.0. The minimum absolute atomic E-state index is 0.226. The Morgan fingerprint density at radius 3 is 2.52 bits per heavy atom. The summed E-state index contributed by atoms with van der Waals surface area (Å²) in [4.78, 5) is 6.82. The van der Waals surface area contributed by atoms with Gasteiger partial charge in [0.1, 0.15) is 0 Å². The highest BCUT2D eigenvalue weighted by Gasteiger charge is 2.21. The van der Waals surface area contributed by atoms with E-state index >= 15 is 0 Å². The molecule has 0 bridgehead atoms. The molecule has 0 aliphatic carbocycles. The maximum absolute atomic E-state index is 11.5. The SMILES string of the molecule is CCNC(=NCCN1CCS(=O)(=O)CC1)NC(C)Cc1c(C)nn(C)c1C. The first-order valence-corrected chi connectivity index (χ1v) is 11.5. The van der Waals surface area contributed by atoms with Gasteiger partial charge in [-0.2, -0.15) is 5.10 Å². The van der Waals surface area contributed by atoms with E-state index in [2.05, 4.69) is 39.5 Å². The summed E-state index contributed by atoms with van der Waals surface area (Å²) in [5.41, 5.74) is 3.55. The van der Waals surface area contributed by atoms with Gasteiger partial charge in [-0.1, -0.05) is 0 Å². The van der Waals surface area contributed by atoms with Crippen molar-refractivity contribution in [1.82, 2.24) is 25.3 Å². The molecule has 2 N–H and O–H groups in total. The van der Waals surface area contributed by atoms with Crippen LogP contribution in [0.2, 0.25) is 0 Å². The molecule has 8 nitrogen and oxygen atoms in total. The van der Waals surface area contributed by atoms with Crippen molar-refractivity contribution < 1.29 is 8.42 Å². The third kappa shape index (κ3) is 6.49. The van der Waals surface area contributed by atoms with Gasteiger partial charge in [-0.25, -0.2) is 8.42 Å². The molecule has 1 unspecified atom stereocenters. The van der Waals surface area contributed by atoms with Crippen molar-refractivity contribution in [3.63, 3.8) is 0 Å². The molecule has 1 fully saturated rings. The van der Waals surface area contributed by atoms with Crippen molar-refractivity contribution in [3.05, 3.63) is 17.0 Å². The highest BCUT2D eigenvalue weighted by atomic mass is 32.2. The van der Waals surface area contributed by atoms with Gasteiger partial charge in [-0.3, -0.25) is 14.6 Å². The molecule has 154 valence electrons. The van der Waals surface area contributed by atoms with Gasteiger partial charge in [0.15, 0.2) is 15.8 Å². The first-order valence-electron chi connectivity index (χ1n) is 9.68. The normalized spacial score (nSPS) is 19.1. The standard InChI is InChI=1S/C18H34N6O2S/c1-6-19-18(20-7-8-24-9-11-27(25,26)12-10-24)21-14(2)13-17-15(3)22-23(5)16(17)4/h14H,6-13H2,1-5H3,(H2,19,20,21). The summed E-state index contributed by atoms with van der Waals surface area (Å²) < 4.78 is 24.9. The van der Waals surface area contributed by atoms with Crippen LogP contribution in [-0.2, 0) is 23.3 Å². The number of hydrogen-bond donors (Lipinski definition) is 2. The summed E-state index contributed by atoms with van der Waals surface area (Å²) in [5, 5.41) is 11.2. The number of guanidine groups is 1. The number of hydrogen-bond acceptors (Lipinski definition) is 5. The molecule has 0 amide bonds. The first-order chi connectivity index (χ1) is 12.7. The summed E-state index contributed by atoms with van der Waals surface area (Å²) in [7, 11) is -0.852. The quantitative estimate of drug-likeness (QED) is 0.505. The predicted octanol–water partition coefficient (Wildman–Crippen LogP) is 0.253. The van der Waals surface area contributed by atoms with Gasteiger partial charge in [-0.05, 0) is 39.7 Å². The topological polar surface area (TPSA) is 91.6 Å². The van der Waals surface area contributed by atoms with E-state index in [1.165, 1.54) is 11.3 Å². The van der Waals surface area contributed by atoms with Crippen LogP contribution in [0.3, 0.4) is 0 Å². The van der Waals surface area contributed by atoms with Gasteiger partial charge in [0.05, 0.1) is 23.7 Å². The number of aliphatic imine (C=N–C) groups is 1. The van der Waals surface area contributed by atoms with Crippen LogP contribution >= 0.6 is 0 Å². The molecule has 2 heterocycles. The van der Waals surface area contributed by atoms with Gasteiger partial charge in [0, 0.05) is 45.0 Å². The van der Waals surface area contributed by atoms with Crippen molar-refractivity contribution in [2.75, 3.05) is 44.2 Å². The molecule has 27 heavy (non-hydrogen) atoms. The minimum atomic E-state index is -2.83. The second-order valence-electron chi connectivity index (χ2n) is 7.28. The van der Waals surface area contributed by atoms with Crippen LogP contribution in [0.25, 0.3) is 0 Å². The van der Waals surface area contributed by atoms with Crippen molar-refractivity contribution in [3.8, 4) is 0 Å². The van der Waals surface area contributed by atoms with E-state index in [0.717, 1.165) is 31.2 Å². The molecule has 1 aliphatic heterocycles. The maximum atomic E-state index is 11.5. The first kappa shape index (κ1) is 21.7. The lowest BCUT2D eigenvalue weighted by atomic mass is 10.1. The van der Waals surface area contributed by atoms with Crippen LogP contribution in [0.1, 0.15) is 30.8 Å². The van der Waals surface area contributed by atoms with Crippen molar-refractivity contribution >= 4 is 15.8 Å². The Kier molecular flexibility index (Phi) is 7.67. The van der Waals surface area contributed by atoms with Crippen molar-refractivity contribution in [2.45, 2.75) is 40.2 Å². The Hall–Kier alpha value is -1.61. The van der Waals surface area contributed by atoms with Crippen LogP contribution in [0.5, 0.6) is 0 Å². The van der Waals surface area contributed by atoms with E-state index in [9.17, 15) is 8.42 Å². The van der Waals surface area contributed by atoms with E-state index in [-0.39, 0.29) is 17.5 Å². The number of rotatable bonds is 7. The monoisotopic (exact) mass is 398 g/mol. The molecule has 0 radical (unpaired) electrons. The van der Waals surface area contributed by atoms with Crippen LogP contribution < -0.4 is 10.6 Å². The lowest BCUT2D eigenvalue weighted by Crippen LogP contribution is -2.44. The third-order valence-corrected chi connectivity index (χ3v) is 6.63. The molecular formula is C18H34N6O2S. The lowest BCUT2D eigenvalue weighted by Gasteiger charge is -2.26. The average Bonchev–Trinajstić information content (AvgIpc) is 2.83. The molecule has 2 rings (SSSR count). The van der Waals surface area contributed by atoms with Crippen LogP contribution in [0.4, 0.5) is 0 Å². The number of sulfone groups is 1. The summed E-state index contributed by atoms with van der Waals surface area (Å²) >= 11 is 0. The Bertz CT molecular complexity index is 742. The predicted molar refractivity (Wildman–Crippen MR) is 110 cm³/mol. The molecule has 0 aromatic carbocycles. The second-order valence-corrected chi connectivity index (χ2v) is 9.58. The molecular weight excluding hydrogens is 364 g/mol. The summed E-state index contributed by atoms with van der Waals surface area (Å²) in [6.45, 7) is 11.8. The van der Waals surface area contributed by atoms with E-state index in [0.29, 0.717) is 19.6 Å². The van der Waals surface area contributed by atoms with Gasteiger partial charge in [0.25, 0.3) is 0 Å². The van der Waals surface area contributed by atoms with Crippen LogP contribution in [-0.4, -0.2) is 79.3 Å². The molecule has 0 spiro atoms. The van der Waals surface area contributed by atoms with Crippen LogP contribution in [0.15, 0.2) is 4.99 Å². The Morgan fingerprint density at radius 2 is 1.96 bits per heavy atom. The fourth-order valence-electron chi connectivity index (χ4n) is 3.30. The molecule has 1 aromatic rings. The molecule has 1 atom stereocenters. The van der Waals surface area contributed by atoms with E-state index in [1.54, 1.807) is 0 Å². The molecule has 0 saturated carbocycles. The van der Waals surface area contributed by atoms with Crippen molar-refractivity contribution in [1.29, 1.82) is 0 Å². The van der Waals surface area contributed by atoms with Crippen molar-refractivity contribution in [2.24, 2.45) is 12.0 Å². The van der Waals surface area contributed by atoms with E-state index < -0.39 is 9.84 Å². The van der Waals surface area contributed by atoms with Gasteiger partial charge in [-0.15, -0.1) is 0 Å². The molecule has 9 heteroatoms. The molecule has 1 aliphatic rings. The highest BCUT2D eigenvalue weighted by molar-refractivity contribution is 7.91. The van der Waals surface area contributed by atoms with Gasteiger partial charge in [0.2, 0.25) is 0 Å².